The molecule has 116 valence electrons. The van der Waals surface area contributed by atoms with Crippen molar-refractivity contribution in [3.8, 4) is 0 Å². The van der Waals surface area contributed by atoms with Gasteiger partial charge in [0, 0.05) is 13.0 Å². The number of unbranched alkanes of at least 4 members (excludes halogenated alkanes) is 3. The lowest BCUT2D eigenvalue weighted by molar-refractivity contribution is -0.138. The van der Waals surface area contributed by atoms with Crippen LogP contribution in [0.3, 0.4) is 0 Å². The number of allylic oxidation sites excluding steroid dienone is 2. The highest BCUT2D eigenvalue weighted by Gasteiger charge is 2.10. The Morgan fingerprint density at radius 2 is 1.90 bits per heavy atom. The van der Waals surface area contributed by atoms with Crippen molar-refractivity contribution >= 4 is 11.9 Å². The van der Waals surface area contributed by atoms with E-state index in [1.807, 2.05) is 0 Å². The maximum absolute atomic E-state index is 11.5. The molecule has 0 bridgehead atoms. The molecule has 0 aromatic rings. The second-order valence-electron chi connectivity index (χ2n) is 4.94. The van der Waals surface area contributed by atoms with Crippen molar-refractivity contribution in [3.63, 3.8) is 0 Å². The summed E-state index contributed by atoms with van der Waals surface area (Å²) in [4.78, 5) is 22.0. The Morgan fingerprint density at radius 3 is 2.55 bits per heavy atom. The molecule has 20 heavy (non-hydrogen) atoms. The normalized spacial score (nSPS) is 12.5. The molecule has 0 saturated carbocycles. The van der Waals surface area contributed by atoms with E-state index in [4.69, 9.17) is 10.8 Å². The molecule has 1 amide bonds. The number of hydrogen-bond donors (Lipinski definition) is 3. The molecule has 0 aromatic heterocycles. The molecule has 0 aliphatic rings. The van der Waals surface area contributed by atoms with E-state index in [1.54, 1.807) is 0 Å². The Balaban J connectivity index is 3.39. The zero-order valence-corrected chi connectivity index (χ0v) is 12.4. The van der Waals surface area contributed by atoms with E-state index in [-0.39, 0.29) is 5.91 Å². The van der Waals surface area contributed by atoms with Crippen LogP contribution in [0, 0.1) is 0 Å². The van der Waals surface area contributed by atoms with Gasteiger partial charge in [0.25, 0.3) is 0 Å². The van der Waals surface area contributed by atoms with Crippen molar-refractivity contribution < 1.29 is 14.7 Å². The highest BCUT2D eigenvalue weighted by Crippen LogP contribution is 2.00. The number of nitrogens with two attached hydrogens (primary N) is 1. The molecule has 5 heteroatoms. The average molecular weight is 284 g/mol. The minimum Gasteiger partial charge on any atom is -0.480 e. The fraction of sp³-hybridized carbons (Fsp3) is 0.733. The minimum absolute atomic E-state index is 0.0661. The summed E-state index contributed by atoms with van der Waals surface area (Å²) in [6.07, 6.45) is 10.8. The fourth-order valence-corrected chi connectivity index (χ4v) is 1.71. The quantitative estimate of drug-likeness (QED) is 0.378. The maximum atomic E-state index is 11.5. The Morgan fingerprint density at radius 1 is 1.20 bits per heavy atom. The van der Waals surface area contributed by atoms with E-state index in [9.17, 15) is 9.59 Å². The number of nitrogens with one attached hydrogen (secondary N) is 1. The lowest BCUT2D eigenvalue weighted by atomic mass is 10.1. The van der Waals surface area contributed by atoms with Crippen LogP contribution in [0.4, 0.5) is 0 Å². The number of rotatable bonds is 12. The summed E-state index contributed by atoms with van der Waals surface area (Å²) in [5.74, 6) is -0.901. The van der Waals surface area contributed by atoms with Crippen LogP contribution in [0.15, 0.2) is 12.2 Å². The topological polar surface area (TPSA) is 92.4 Å². The van der Waals surface area contributed by atoms with Gasteiger partial charge in [-0.05, 0) is 38.5 Å². The summed E-state index contributed by atoms with van der Waals surface area (Å²) in [5, 5.41) is 11.4. The van der Waals surface area contributed by atoms with E-state index < -0.39 is 12.0 Å². The van der Waals surface area contributed by atoms with E-state index >= 15 is 0 Å². The van der Waals surface area contributed by atoms with Crippen LogP contribution < -0.4 is 11.1 Å². The van der Waals surface area contributed by atoms with Gasteiger partial charge < -0.3 is 16.2 Å². The number of carboxylic acids is 1. The first kappa shape index (κ1) is 18.6. The van der Waals surface area contributed by atoms with Crippen LogP contribution >= 0.6 is 0 Å². The molecule has 0 unspecified atom stereocenters. The first-order valence-corrected chi connectivity index (χ1v) is 7.48. The number of carboxylic acid groups (broad SMARTS) is 1. The number of carbonyl (C=O) groups is 2. The summed E-state index contributed by atoms with van der Waals surface area (Å²) in [6.45, 7) is 2.73. The van der Waals surface area contributed by atoms with Crippen molar-refractivity contribution in [2.45, 2.75) is 64.3 Å². The summed E-state index contributed by atoms with van der Waals surface area (Å²) < 4.78 is 0. The van der Waals surface area contributed by atoms with Crippen LogP contribution in [-0.4, -0.2) is 29.6 Å². The smallest absolute Gasteiger partial charge is 0.320 e. The first-order chi connectivity index (χ1) is 9.57. The van der Waals surface area contributed by atoms with Crippen LogP contribution in [0.25, 0.3) is 0 Å². The van der Waals surface area contributed by atoms with Gasteiger partial charge in [0.2, 0.25) is 5.91 Å². The third-order valence-electron chi connectivity index (χ3n) is 2.98. The van der Waals surface area contributed by atoms with Gasteiger partial charge in [-0.1, -0.05) is 25.5 Å². The molecule has 0 aromatic carbocycles. The standard InChI is InChI=1S/C15H28N2O3/c1-2-3-4-5-6-7-11-14(18)17-12-9-8-10-13(16)15(19)20/h4-5,13H,2-3,6-12,16H2,1H3,(H,17,18)(H,19,20)/b5-4+/t13-/m0/s1. The first-order valence-electron chi connectivity index (χ1n) is 7.48. The largest absolute Gasteiger partial charge is 0.480 e. The van der Waals surface area contributed by atoms with Crippen LogP contribution in [0.1, 0.15) is 58.3 Å². The second-order valence-corrected chi connectivity index (χ2v) is 4.94. The van der Waals surface area contributed by atoms with E-state index in [2.05, 4.69) is 24.4 Å². The van der Waals surface area contributed by atoms with Gasteiger partial charge in [-0.2, -0.15) is 0 Å². The van der Waals surface area contributed by atoms with Gasteiger partial charge in [-0.15, -0.1) is 0 Å². The van der Waals surface area contributed by atoms with Crippen LogP contribution in [-0.2, 0) is 9.59 Å². The molecule has 1 atom stereocenters. The summed E-state index contributed by atoms with van der Waals surface area (Å²) in [5.41, 5.74) is 5.38. The molecule has 0 rings (SSSR count). The number of amides is 1. The van der Waals surface area contributed by atoms with Crippen molar-refractivity contribution in [2.24, 2.45) is 5.73 Å². The van der Waals surface area contributed by atoms with Gasteiger partial charge in [0.1, 0.15) is 6.04 Å². The number of carbonyl (C=O) groups excluding carboxylic acids is 1. The molecular weight excluding hydrogens is 256 g/mol. The van der Waals surface area contributed by atoms with E-state index in [0.717, 1.165) is 32.1 Å². The zero-order valence-electron chi connectivity index (χ0n) is 12.4. The predicted molar refractivity (Wildman–Crippen MR) is 80.4 cm³/mol. The van der Waals surface area contributed by atoms with Gasteiger partial charge in [0.15, 0.2) is 0 Å². The van der Waals surface area contributed by atoms with Gasteiger partial charge in [0.05, 0.1) is 0 Å². The molecule has 5 nitrogen and oxygen atoms in total. The number of aliphatic carboxylic acids is 1. The molecule has 0 aliphatic carbocycles. The summed E-state index contributed by atoms with van der Waals surface area (Å²) in [6, 6.07) is -0.791. The number of hydrogen-bond acceptors (Lipinski definition) is 3. The molecule has 0 saturated heterocycles. The molecule has 0 fully saturated rings. The Kier molecular flexibility index (Phi) is 11.8. The lowest BCUT2D eigenvalue weighted by Gasteiger charge is -2.07. The Hall–Kier alpha value is -1.36. The lowest BCUT2D eigenvalue weighted by Crippen LogP contribution is -2.30. The molecule has 4 N–H and O–H groups in total. The van der Waals surface area contributed by atoms with Gasteiger partial charge in [-0.3, -0.25) is 9.59 Å². The monoisotopic (exact) mass is 284 g/mol. The fourth-order valence-electron chi connectivity index (χ4n) is 1.71. The van der Waals surface area contributed by atoms with Crippen molar-refractivity contribution in [3.05, 3.63) is 12.2 Å². The van der Waals surface area contributed by atoms with Crippen LogP contribution in [0.2, 0.25) is 0 Å². The zero-order chi connectivity index (χ0) is 15.2. The van der Waals surface area contributed by atoms with Gasteiger partial charge >= 0.3 is 5.97 Å². The predicted octanol–water partition coefficient (Wildman–Crippen LogP) is 2.21. The Bertz CT molecular complexity index is 303. The average Bonchev–Trinajstić information content (AvgIpc) is 2.41. The molecule has 0 radical (unpaired) electrons. The molecule has 0 aliphatic heterocycles. The highest BCUT2D eigenvalue weighted by molar-refractivity contribution is 5.75. The SMILES string of the molecule is CCC/C=C/CCCC(=O)NCCCC[C@H](N)C(=O)O. The third kappa shape index (κ3) is 11.7. The Labute approximate surface area is 121 Å². The summed E-state index contributed by atoms with van der Waals surface area (Å²) >= 11 is 0. The molecular formula is C15H28N2O3. The van der Waals surface area contributed by atoms with Crippen molar-refractivity contribution in [2.75, 3.05) is 6.54 Å². The van der Waals surface area contributed by atoms with Crippen molar-refractivity contribution in [1.82, 2.24) is 5.32 Å². The van der Waals surface area contributed by atoms with Gasteiger partial charge in [-0.25, -0.2) is 0 Å². The van der Waals surface area contributed by atoms with Crippen LogP contribution in [0.5, 0.6) is 0 Å². The maximum Gasteiger partial charge on any atom is 0.320 e. The summed E-state index contributed by atoms with van der Waals surface area (Å²) in [7, 11) is 0. The molecule has 0 spiro atoms. The highest BCUT2D eigenvalue weighted by atomic mass is 16.4. The third-order valence-corrected chi connectivity index (χ3v) is 2.98. The second kappa shape index (κ2) is 12.7. The van der Waals surface area contributed by atoms with Crippen molar-refractivity contribution in [1.29, 1.82) is 0 Å². The van der Waals surface area contributed by atoms with E-state index in [1.165, 1.54) is 0 Å². The minimum atomic E-state index is -0.967. The molecule has 0 heterocycles. The van der Waals surface area contributed by atoms with E-state index in [0.29, 0.717) is 25.8 Å².